The van der Waals surface area contributed by atoms with Crippen LogP contribution in [0, 0.1) is 11.8 Å². The molecule has 126 valence electrons. The average Bonchev–Trinajstić information content (AvgIpc) is 3.43. The fraction of sp³-hybridized carbons (Fsp3) is 0.476. The summed E-state index contributed by atoms with van der Waals surface area (Å²) >= 11 is 0. The highest BCUT2D eigenvalue weighted by Gasteiger charge is 2.44. The average molecular weight is 322 g/mol. The van der Waals surface area contributed by atoms with Gasteiger partial charge in [0, 0.05) is 12.5 Å². The minimum absolute atomic E-state index is 0.167. The topological polar surface area (TPSA) is 41.1 Å². The lowest BCUT2D eigenvalue weighted by molar-refractivity contribution is -0.122. The molecule has 2 aliphatic rings. The molecule has 1 aliphatic heterocycles. The first kappa shape index (κ1) is 15.6. The van der Waals surface area contributed by atoms with Gasteiger partial charge in [-0.1, -0.05) is 42.5 Å². The molecule has 1 aliphatic carbocycles. The van der Waals surface area contributed by atoms with E-state index in [1.165, 1.54) is 29.2 Å². The molecule has 1 saturated heterocycles. The normalized spacial score (nSPS) is 26.2. The lowest BCUT2D eigenvalue weighted by Gasteiger charge is -2.22. The van der Waals surface area contributed by atoms with Crippen molar-refractivity contribution in [3.05, 3.63) is 48.0 Å². The number of benzene rings is 2. The molecule has 0 bridgehead atoms. The molecule has 0 radical (unpaired) electrons. The molecule has 3 atom stereocenters. The Hall–Kier alpha value is -1.87. The van der Waals surface area contributed by atoms with Gasteiger partial charge in [-0.25, -0.2) is 0 Å². The summed E-state index contributed by atoms with van der Waals surface area (Å²) < 4.78 is 0. The van der Waals surface area contributed by atoms with E-state index in [-0.39, 0.29) is 11.8 Å². The third kappa shape index (κ3) is 3.32. The van der Waals surface area contributed by atoms with Crippen molar-refractivity contribution in [2.45, 2.75) is 31.6 Å². The summed E-state index contributed by atoms with van der Waals surface area (Å²) in [6.45, 7) is 3.08. The minimum atomic E-state index is 0.167. The van der Waals surface area contributed by atoms with E-state index in [0.717, 1.165) is 38.4 Å². The van der Waals surface area contributed by atoms with Crippen LogP contribution in [0.4, 0.5) is 0 Å². The van der Waals surface area contributed by atoms with E-state index in [1.54, 1.807) is 0 Å². The van der Waals surface area contributed by atoms with Gasteiger partial charge in [-0.3, -0.25) is 4.79 Å². The third-order valence-corrected chi connectivity index (χ3v) is 5.60. The quantitative estimate of drug-likeness (QED) is 0.885. The molecule has 4 rings (SSSR count). The molecular weight excluding hydrogens is 296 g/mol. The molecule has 1 heterocycles. The van der Waals surface area contributed by atoms with E-state index in [0.29, 0.717) is 5.92 Å². The van der Waals surface area contributed by atoms with Crippen molar-refractivity contribution in [2.24, 2.45) is 11.8 Å². The van der Waals surface area contributed by atoms with E-state index in [9.17, 15) is 4.79 Å². The molecular formula is C21H26N2O. The van der Waals surface area contributed by atoms with Crippen LogP contribution in [0.15, 0.2) is 42.5 Å². The number of piperidine rings is 1. The summed E-state index contributed by atoms with van der Waals surface area (Å²) in [5, 5.41) is 9.18. The number of amides is 1. The lowest BCUT2D eigenvalue weighted by atomic mass is 9.96. The maximum atomic E-state index is 12.4. The molecule has 1 saturated carbocycles. The summed E-state index contributed by atoms with van der Waals surface area (Å²) in [6.07, 6.45) is 4.66. The molecule has 2 aromatic rings. The molecule has 2 fully saturated rings. The van der Waals surface area contributed by atoms with E-state index >= 15 is 0 Å². The number of fused-ring (bicyclic) bond motifs is 1. The van der Waals surface area contributed by atoms with Crippen LogP contribution in [0.25, 0.3) is 10.8 Å². The zero-order valence-corrected chi connectivity index (χ0v) is 14.1. The number of hydrogen-bond acceptors (Lipinski definition) is 2. The van der Waals surface area contributed by atoms with Crippen LogP contribution in [0.3, 0.4) is 0 Å². The fourth-order valence-corrected chi connectivity index (χ4v) is 4.10. The van der Waals surface area contributed by atoms with Gasteiger partial charge < -0.3 is 10.6 Å². The number of nitrogens with one attached hydrogen (secondary N) is 2. The van der Waals surface area contributed by atoms with Gasteiger partial charge in [0.25, 0.3) is 0 Å². The van der Waals surface area contributed by atoms with Gasteiger partial charge in [-0.15, -0.1) is 0 Å². The van der Waals surface area contributed by atoms with Crippen LogP contribution in [-0.2, 0) is 4.79 Å². The molecule has 24 heavy (non-hydrogen) atoms. The molecule has 3 nitrogen and oxygen atoms in total. The van der Waals surface area contributed by atoms with E-state index in [1.807, 2.05) is 0 Å². The monoisotopic (exact) mass is 322 g/mol. The molecule has 0 aromatic heterocycles. The Morgan fingerprint density at radius 1 is 1.17 bits per heavy atom. The second-order valence-electron chi connectivity index (χ2n) is 7.31. The van der Waals surface area contributed by atoms with Gasteiger partial charge in [0.05, 0.1) is 0 Å². The van der Waals surface area contributed by atoms with E-state index < -0.39 is 0 Å². The van der Waals surface area contributed by atoms with Gasteiger partial charge in [-0.05, 0) is 66.9 Å². The summed E-state index contributed by atoms with van der Waals surface area (Å²) in [7, 11) is 0. The molecule has 2 N–H and O–H groups in total. The highest BCUT2D eigenvalue weighted by atomic mass is 16.2. The van der Waals surface area contributed by atoms with Crippen molar-refractivity contribution < 1.29 is 4.79 Å². The van der Waals surface area contributed by atoms with Gasteiger partial charge in [-0.2, -0.15) is 0 Å². The van der Waals surface area contributed by atoms with Gasteiger partial charge >= 0.3 is 0 Å². The zero-order valence-electron chi connectivity index (χ0n) is 14.1. The van der Waals surface area contributed by atoms with Crippen LogP contribution in [-0.4, -0.2) is 25.5 Å². The smallest absolute Gasteiger partial charge is 0.223 e. The van der Waals surface area contributed by atoms with Crippen LogP contribution in [0.5, 0.6) is 0 Å². The van der Waals surface area contributed by atoms with Gasteiger partial charge in [0.2, 0.25) is 5.91 Å². The first-order chi connectivity index (χ1) is 11.8. The Kier molecular flexibility index (Phi) is 4.52. The second-order valence-corrected chi connectivity index (χ2v) is 7.31. The van der Waals surface area contributed by atoms with Crippen molar-refractivity contribution in [1.29, 1.82) is 0 Å². The predicted molar refractivity (Wildman–Crippen MR) is 98.0 cm³/mol. The van der Waals surface area contributed by atoms with E-state index in [4.69, 9.17) is 0 Å². The Morgan fingerprint density at radius 2 is 2.04 bits per heavy atom. The van der Waals surface area contributed by atoms with Crippen molar-refractivity contribution in [3.63, 3.8) is 0 Å². The highest BCUT2D eigenvalue weighted by molar-refractivity contribution is 5.89. The third-order valence-electron chi connectivity index (χ3n) is 5.60. The van der Waals surface area contributed by atoms with E-state index in [2.05, 4.69) is 53.1 Å². The maximum Gasteiger partial charge on any atom is 0.223 e. The Morgan fingerprint density at radius 3 is 2.92 bits per heavy atom. The summed E-state index contributed by atoms with van der Waals surface area (Å²) in [5.41, 5.74) is 1.34. The number of rotatable bonds is 5. The lowest BCUT2D eigenvalue weighted by Crippen LogP contribution is -2.33. The standard InChI is InChI=1S/C21H26N2O/c24-21(23-12-10-15-5-4-11-22-14-15)20-13-19(20)18-9-3-7-16-6-1-2-8-17(16)18/h1-3,6-9,15,19-20,22H,4-5,10-14H2,(H,23,24). The summed E-state index contributed by atoms with van der Waals surface area (Å²) in [4.78, 5) is 12.4. The molecule has 3 heteroatoms. The van der Waals surface area contributed by atoms with Crippen LogP contribution >= 0.6 is 0 Å². The molecule has 0 spiro atoms. The fourth-order valence-electron chi connectivity index (χ4n) is 4.10. The molecule has 2 aromatic carbocycles. The number of hydrogen-bond donors (Lipinski definition) is 2. The summed E-state index contributed by atoms with van der Waals surface area (Å²) in [6, 6.07) is 14.9. The first-order valence-corrected chi connectivity index (χ1v) is 9.29. The zero-order chi connectivity index (χ0) is 16.4. The van der Waals surface area contributed by atoms with Crippen LogP contribution in [0.2, 0.25) is 0 Å². The van der Waals surface area contributed by atoms with Crippen LogP contribution in [0.1, 0.15) is 37.2 Å². The van der Waals surface area contributed by atoms with Crippen molar-refractivity contribution in [2.75, 3.05) is 19.6 Å². The predicted octanol–water partition coefficient (Wildman–Crippen LogP) is 3.45. The van der Waals surface area contributed by atoms with Crippen molar-refractivity contribution in [3.8, 4) is 0 Å². The van der Waals surface area contributed by atoms with Gasteiger partial charge in [0.15, 0.2) is 0 Å². The number of carbonyl (C=O) groups excluding carboxylic acids is 1. The second kappa shape index (κ2) is 6.94. The molecule has 1 amide bonds. The van der Waals surface area contributed by atoms with Gasteiger partial charge in [0.1, 0.15) is 0 Å². The maximum absolute atomic E-state index is 12.4. The number of carbonyl (C=O) groups is 1. The van der Waals surface area contributed by atoms with Crippen molar-refractivity contribution >= 4 is 16.7 Å². The summed E-state index contributed by atoms with van der Waals surface area (Å²) in [5.74, 6) is 1.54. The molecule has 3 unspecified atom stereocenters. The van der Waals surface area contributed by atoms with Crippen molar-refractivity contribution in [1.82, 2.24) is 10.6 Å². The largest absolute Gasteiger partial charge is 0.356 e. The highest BCUT2D eigenvalue weighted by Crippen LogP contribution is 2.49. The SMILES string of the molecule is O=C(NCCC1CCCNC1)C1CC1c1cccc2ccccc12. The Balaban J connectivity index is 1.33. The first-order valence-electron chi connectivity index (χ1n) is 9.29. The minimum Gasteiger partial charge on any atom is -0.356 e. The Labute approximate surface area is 143 Å². The van der Waals surface area contributed by atoms with Crippen LogP contribution < -0.4 is 10.6 Å². The Bertz CT molecular complexity index is 715.